The summed E-state index contributed by atoms with van der Waals surface area (Å²) >= 11 is 60.3. The summed E-state index contributed by atoms with van der Waals surface area (Å²) in [5.41, 5.74) is 6.24. The van der Waals surface area contributed by atoms with Crippen LogP contribution in [-0.4, -0.2) is 16.3 Å². The first-order valence-electron chi connectivity index (χ1n) is 20.8. The zero-order valence-electron chi connectivity index (χ0n) is 34.9. The second kappa shape index (κ2) is 19.4. The first kappa shape index (κ1) is 47.8. The lowest BCUT2D eigenvalue weighted by Crippen LogP contribution is -2.59. The van der Waals surface area contributed by atoms with E-state index in [-0.39, 0.29) is 20.1 Å². The van der Waals surface area contributed by atoms with Crippen molar-refractivity contribution in [2.45, 2.75) is 11.4 Å². The van der Waals surface area contributed by atoms with Crippen molar-refractivity contribution in [1.82, 2.24) is 4.90 Å². The molecule has 336 valence electrons. The second-order valence-corrected chi connectivity index (χ2v) is 21.8. The number of hydrogen-bond acceptors (Lipinski definition) is 4. The van der Waals surface area contributed by atoms with Crippen LogP contribution in [0.1, 0.15) is 38.9 Å². The van der Waals surface area contributed by atoms with Crippen molar-refractivity contribution in [1.29, 1.82) is 0 Å². The highest BCUT2D eigenvalue weighted by Gasteiger charge is 2.66. The van der Waals surface area contributed by atoms with Crippen molar-refractivity contribution in [3.05, 3.63) is 269 Å². The van der Waals surface area contributed by atoms with Crippen LogP contribution in [0.15, 0.2) is 210 Å². The fourth-order valence-corrected chi connectivity index (χ4v) is 13.9. The first-order chi connectivity index (χ1) is 32.8. The van der Waals surface area contributed by atoms with E-state index in [1.54, 1.807) is 24.3 Å². The van der Waals surface area contributed by atoms with E-state index in [4.69, 9.17) is 79.6 Å². The summed E-state index contributed by atoms with van der Waals surface area (Å²) in [5, 5.41) is 1.63. The Kier molecular flexibility index (Phi) is 13.6. The second-order valence-electron chi connectivity index (χ2n) is 15.8. The fourth-order valence-electron chi connectivity index (χ4n) is 9.15. The first-order valence-corrected chi connectivity index (χ1v) is 26.2. The van der Waals surface area contributed by atoms with Gasteiger partial charge in [-0.05, 0) is 48.5 Å². The Morgan fingerprint density at radius 1 is 0.397 bits per heavy atom. The highest BCUT2D eigenvalue weighted by molar-refractivity contribution is 9.11. The van der Waals surface area contributed by atoms with Gasteiger partial charge in [0.05, 0.1) is 48.6 Å². The minimum atomic E-state index is -1.77. The molecule has 0 aromatic heterocycles. The average molecular weight is 1270 g/mol. The molecule has 0 amide bonds. The van der Waals surface area contributed by atoms with E-state index in [0.717, 1.165) is 31.2 Å². The van der Waals surface area contributed by atoms with Gasteiger partial charge in [0.2, 0.25) is 0 Å². The van der Waals surface area contributed by atoms with Crippen LogP contribution in [0.4, 0.5) is 5.69 Å². The van der Waals surface area contributed by atoms with Gasteiger partial charge in [-0.25, -0.2) is 9.98 Å². The monoisotopic (exact) mass is 1260 g/mol. The fraction of sp³-hybridized carbons (Fsp3) is 0.0370. The molecule has 1 atom stereocenters. The van der Waals surface area contributed by atoms with Crippen LogP contribution in [0, 0.1) is 0 Å². The summed E-state index contributed by atoms with van der Waals surface area (Å²) in [6, 6.07) is 59.0. The molecule has 1 unspecified atom stereocenters. The van der Waals surface area contributed by atoms with Crippen LogP contribution in [0.2, 0.25) is 30.1 Å². The molecule has 14 heteroatoms. The Bertz CT molecular complexity index is 3270. The SMILES string of the molecule is Clc1cc(Cl)c(N2C(c3ccccc3)=C(c3ccccc3)N(C3(c4ccc(Br)cc4Br)N=C(c4ccccc4)C(c4ccccc4)=N3)C2(c2ccc(Br)cc2Br)c2c(Cl)cc(Cl)cc2Cl)c(Cl)c1. The molecular formula is C54H30Br4Cl6N4. The van der Waals surface area contributed by atoms with Gasteiger partial charge in [-0.15, -0.1) is 0 Å². The third kappa shape index (κ3) is 8.20. The Morgan fingerprint density at radius 3 is 1.21 bits per heavy atom. The summed E-state index contributed by atoms with van der Waals surface area (Å²) in [5.74, 6) is -1.76. The van der Waals surface area contributed by atoms with E-state index in [9.17, 15) is 0 Å². The molecule has 0 N–H and O–H groups in total. The van der Waals surface area contributed by atoms with Gasteiger partial charge in [0.25, 0.3) is 5.79 Å². The lowest BCUT2D eigenvalue weighted by molar-refractivity contribution is 0.0845. The smallest absolute Gasteiger partial charge is 0.259 e. The Labute approximate surface area is 457 Å². The number of nitrogens with zero attached hydrogens (tertiary/aromatic N) is 4. The zero-order chi connectivity index (χ0) is 47.5. The van der Waals surface area contributed by atoms with E-state index in [1.165, 1.54) is 0 Å². The summed E-state index contributed by atoms with van der Waals surface area (Å²) < 4.78 is 3.00. The molecule has 0 fully saturated rings. The van der Waals surface area contributed by atoms with Crippen molar-refractivity contribution in [2.24, 2.45) is 9.98 Å². The van der Waals surface area contributed by atoms with Gasteiger partial charge in [-0.3, -0.25) is 4.90 Å². The average Bonchev–Trinajstić information content (AvgIpc) is 3.86. The molecule has 2 aliphatic heterocycles. The Hall–Kier alpha value is -3.90. The van der Waals surface area contributed by atoms with E-state index in [1.807, 2.05) is 146 Å². The van der Waals surface area contributed by atoms with Gasteiger partial charge in [0.1, 0.15) is 0 Å². The van der Waals surface area contributed by atoms with Crippen LogP contribution in [-0.2, 0) is 11.4 Å². The number of aliphatic imine (C=N–C) groups is 2. The van der Waals surface area contributed by atoms with Gasteiger partial charge in [0, 0.05) is 66.9 Å². The summed E-state index contributed by atoms with van der Waals surface area (Å²) in [4.78, 5) is 16.5. The quantitative estimate of drug-likeness (QED) is 0.144. The molecule has 0 spiro atoms. The standard InChI is InChI=1S/C54H30Br4Cl6N4/c55-35-21-23-39(41(57)25-35)53(47-43(61)27-37(59)28-44(47)62)67(52-45(63)29-38(60)30-46(52)64)50(33-17-9-3-10-18-33)51(34-19-11-4-12-20-34)68(53)54(40-24-22-36(56)26-42(40)58)65-48(31-13-5-1-6-14-31)49(66-54)32-15-7-2-8-16-32/h1-30H. The van der Waals surface area contributed by atoms with Gasteiger partial charge in [-0.2, -0.15) is 0 Å². The van der Waals surface area contributed by atoms with Crippen molar-refractivity contribution >= 4 is 162 Å². The predicted molar refractivity (Wildman–Crippen MR) is 299 cm³/mol. The lowest BCUT2D eigenvalue weighted by Gasteiger charge is -2.53. The van der Waals surface area contributed by atoms with Crippen LogP contribution in [0.25, 0.3) is 11.4 Å². The van der Waals surface area contributed by atoms with Gasteiger partial charge >= 0.3 is 0 Å². The molecule has 68 heavy (non-hydrogen) atoms. The third-order valence-electron chi connectivity index (χ3n) is 11.7. The van der Waals surface area contributed by atoms with E-state index in [0.29, 0.717) is 64.2 Å². The van der Waals surface area contributed by atoms with Gasteiger partial charge in [0.15, 0.2) is 5.66 Å². The Balaban J connectivity index is 1.55. The Morgan fingerprint density at radius 2 is 0.779 bits per heavy atom. The van der Waals surface area contributed by atoms with Crippen LogP contribution >= 0.6 is 133 Å². The molecule has 8 aromatic carbocycles. The molecule has 0 saturated heterocycles. The summed E-state index contributed by atoms with van der Waals surface area (Å²) in [7, 11) is 0. The van der Waals surface area contributed by atoms with Crippen LogP contribution < -0.4 is 4.90 Å². The molecular weight excluding hydrogens is 1240 g/mol. The molecule has 0 bridgehead atoms. The van der Waals surface area contributed by atoms with E-state index >= 15 is 0 Å². The molecule has 8 aromatic rings. The minimum absolute atomic E-state index is 0.234. The number of anilines is 1. The molecule has 2 aliphatic rings. The summed E-state index contributed by atoms with van der Waals surface area (Å²) in [6.45, 7) is 0. The largest absolute Gasteiger partial charge is 0.304 e. The van der Waals surface area contributed by atoms with Crippen LogP contribution in [0.5, 0.6) is 0 Å². The van der Waals surface area contributed by atoms with Crippen molar-refractivity contribution in [3.63, 3.8) is 0 Å². The number of halogens is 10. The van der Waals surface area contributed by atoms with E-state index in [2.05, 4.69) is 85.7 Å². The van der Waals surface area contributed by atoms with Crippen molar-refractivity contribution < 1.29 is 0 Å². The van der Waals surface area contributed by atoms with Crippen molar-refractivity contribution in [3.8, 4) is 0 Å². The summed E-state index contributed by atoms with van der Waals surface area (Å²) in [6.07, 6.45) is 0. The highest BCUT2D eigenvalue weighted by Crippen LogP contribution is 2.66. The maximum atomic E-state index is 7.81. The third-order valence-corrected chi connectivity index (χ3v) is 15.6. The van der Waals surface area contributed by atoms with Gasteiger partial charge < -0.3 is 4.90 Å². The molecule has 4 nitrogen and oxygen atoms in total. The molecule has 0 radical (unpaired) electrons. The topological polar surface area (TPSA) is 31.2 Å². The molecule has 10 rings (SSSR count). The zero-order valence-corrected chi connectivity index (χ0v) is 45.8. The highest BCUT2D eigenvalue weighted by atomic mass is 79.9. The number of hydrogen-bond donors (Lipinski definition) is 0. The normalized spacial score (nSPS) is 16.6. The minimum Gasteiger partial charge on any atom is -0.304 e. The molecule has 0 aliphatic carbocycles. The van der Waals surface area contributed by atoms with Crippen LogP contribution in [0.3, 0.4) is 0 Å². The lowest BCUT2D eigenvalue weighted by atomic mass is 9.85. The van der Waals surface area contributed by atoms with Crippen molar-refractivity contribution in [2.75, 3.05) is 4.90 Å². The van der Waals surface area contributed by atoms with Gasteiger partial charge in [-0.1, -0.05) is 267 Å². The van der Waals surface area contributed by atoms with E-state index < -0.39 is 11.4 Å². The number of benzene rings is 8. The maximum Gasteiger partial charge on any atom is 0.259 e. The maximum absolute atomic E-state index is 7.81. The molecule has 2 heterocycles. The molecule has 0 saturated carbocycles. The number of rotatable bonds is 9. The predicted octanol–water partition coefficient (Wildman–Crippen LogP) is 19.0.